The molecule has 0 radical (unpaired) electrons. The lowest BCUT2D eigenvalue weighted by atomic mass is 10.1. The lowest BCUT2D eigenvalue weighted by Crippen LogP contribution is -2.22. The van der Waals surface area contributed by atoms with E-state index in [0.29, 0.717) is 35.8 Å². The van der Waals surface area contributed by atoms with E-state index in [2.05, 4.69) is 24.5 Å². The zero-order chi connectivity index (χ0) is 18.2. The predicted octanol–water partition coefficient (Wildman–Crippen LogP) is 3.57. The van der Waals surface area contributed by atoms with Crippen LogP contribution in [0.2, 0.25) is 0 Å². The van der Waals surface area contributed by atoms with Crippen molar-refractivity contribution in [3.63, 3.8) is 0 Å². The molecule has 2 aromatic rings. The molecule has 4 N–H and O–H groups in total. The second-order valence-corrected chi connectivity index (χ2v) is 6.45. The van der Waals surface area contributed by atoms with Crippen LogP contribution in [0.15, 0.2) is 48.5 Å². The summed E-state index contributed by atoms with van der Waals surface area (Å²) >= 11 is 0. The topological polar surface area (TPSA) is 84.2 Å². The number of para-hydroxylation sites is 2. The number of nitrogens with two attached hydrogens (primary N) is 1. The van der Waals surface area contributed by atoms with Gasteiger partial charge < -0.3 is 16.4 Å². The highest BCUT2D eigenvalue weighted by molar-refractivity contribution is 6.05. The van der Waals surface area contributed by atoms with Gasteiger partial charge in [0.05, 0.1) is 11.4 Å². The molecule has 2 rings (SSSR count). The summed E-state index contributed by atoms with van der Waals surface area (Å²) in [6.45, 7) is 4.66. The van der Waals surface area contributed by atoms with Crippen LogP contribution in [0.25, 0.3) is 0 Å². The van der Waals surface area contributed by atoms with Gasteiger partial charge in [-0.1, -0.05) is 38.1 Å². The molecule has 0 aliphatic heterocycles. The maximum atomic E-state index is 12.3. The molecule has 25 heavy (non-hydrogen) atoms. The van der Waals surface area contributed by atoms with Gasteiger partial charge in [0.2, 0.25) is 5.91 Å². The Labute approximate surface area is 148 Å². The van der Waals surface area contributed by atoms with E-state index in [9.17, 15) is 9.59 Å². The summed E-state index contributed by atoms with van der Waals surface area (Å²) in [6.07, 6.45) is 1.42. The number of amides is 2. The summed E-state index contributed by atoms with van der Waals surface area (Å²) in [7, 11) is 0. The van der Waals surface area contributed by atoms with Crippen molar-refractivity contribution in [2.75, 3.05) is 11.1 Å². The van der Waals surface area contributed by atoms with Gasteiger partial charge in [0.15, 0.2) is 0 Å². The van der Waals surface area contributed by atoms with Crippen molar-refractivity contribution in [2.45, 2.75) is 33.2 Å². The van der Waals surface area contributed by atoms with E-state index >= 15 is 0 Å². The second kappa shape index (κ2) is 8.87. The molecular weight excluding hydrogens is 314 g/mol. The van der Waals surface area contributed by atoms with Crippen LogP contribution in [0, 0.1) is 5.92 Å². The molecule has 5 heteroatoms. The SMILES string of the molecule is CC(C)CCC(=O)NCc1ccc(C(=O)Nc2ccccc2N)cc1. The molecule has 2 amide bonds. The van der Waals surface area contributed by atoms with Crippen LogP contribution in [-0.2, 0) is 11.3 Å². The molecule has 0 aliphatic rings. The highest BCUT2D eigenvalue weighted by atomic mass is 16.2. The number of carbonyl (C=O) groups excluding carboxylic acids is 2. The molecule has 0 atom stereocenters. The minimum Gasteiger partial charge on any atom is -0.397 e. The average molecular weight is 339 g/mol. The van der Waals surface area contributed by atoms with E-state index in [1.165, 1.54) is 0 Å². The molecule has 0 saturated heterocycles. The number of hydrogen-bond donors (Lipinski definition) is 3. The molecule has 0 heterocycles. The number of anilines is 2. The van der Waals surface area contributed by atoms with Crippen molar-refractivity contribution in [1.29, 1.82) is 0 Å². The van der Waals surface area contributed by atoms with E-state index in [1.54, 1.807) is 24.3 Å². The first-order valence-corrected chi connectivity index (χ1v) is 8.47. The lowest BCUT2D eigenvalue weighted by Gasteiger charge is -2.09. The maximum Gasteiger partial charge on any atom is 0.255 e. The fourth-order valence-corrected chi connectivity index (χ4v) is 2.29. The maximum absolute atomic E-state index is 12.3. The first-order chi connectivity index (χ1) is 12.0. The Kier molecular flexibility index (Phi) is 6.57. The van der Waals surface area contributed by atoms with Crippen LogP contribution >= 0.6 is 0 Å². The van der Waals surface area contributed by atoms with Crippen molar-refractivity contribution >= 4 is 23.2 Å². The van der Waals surface area contributed by atoms with Gasteiger partial charge in [0.25, 0.3) is 5.91 Å². The molecule has 0 aliphatic carbocycles. The van der Waals surface area contributed by atoms with Crippen LogP contribution in [0.1, 0.15) is 42.6 Å². The predicted molar refractivity (Wildman–Crippen MR) is 101 cm³/mol. The summed E-state index contributed by atoms with van der Waals surface area (Å²) in [4.78, 5) is 24.0. The molecule has 0 saturated carbocycles. The smallest absolute Gasteiger partial charge is 0.255 e. The Morgan fingerprint density at radius 2 is 1.72 bits per heavy atom. The van der Waals surface area contributed by atoms with E-state index in [4.69, 9.17) is 5.73 Å². The van der Waals surface area contributed by atoms with Gasteiger partial charge in [0.1, 0.15) is 0 Å². The first kappa shape index (κ1) is 18.5. The third-order valence-corrected chi connectivity index (χ3v) is 3.86. The van der Waals surface area contributed by atoms with Crippen LogP contribution in [-0.4, -0.2) is 11.8 Å². The average Bonchev–Trinajstić information content (AvgIpc) is 2.60. The number of rotatable bonds is 7. The summed E-state index contributed by atoms with van der Waals surface area (Å²) in [5.74, 6) is 0.350. The second-order valence-electron chi connectivity index (χ2n) is 6.45. The minimum atomic E-state index is -0.217. The molecule has 2 aromatic carbocycles. The molecule has 0 unspecified atom stereocenters. The molecule has 0 aromatic heterocycles. The number of benzene rings is 2. The summed E-state index contributed by atoms with van der Waals surface area (Å²) < 4.78 is 0. The first-order valence-electron chi connectivity index (χ1n) is 8.47. The van der Waals surface area contributed by atoms with Crippen LogP contribution in [0.5, 0.6) is 0 Å². The summed E-state index contributed by atoms with van der Waals surface area (Å²) in [5, 5.41) is 5.68. The van der Waals surface area contributed by atoms with Gasteiger partial charge in [0, 0.05) is 18.5 Å². The Morgan fingerprint density at radius 3 is 2.36 bits per heavy atom. The number of hydrogen-bond acceptors (Lipinski definition) is 3. The van der Waals surface area contributed by atoms with Gasteiger partial charge >= 0.3 is 0 Å². The van der Waals surface area contributed by atoms with Gasteiger partial charge in [-0.2, -0.15) is 0 Å². The Bertz CT molecular complexity index is 724. The molecular formula is C20H25N3O2. The molecule has 5 nitrogen and oxygen atoms in total. The van der Waals surface area contributed by atoms with Gasteiger partial charge in [-0.15, -0.1) is 0 Å². The van der Waals surface area contributed by atoms with Crippen molar-refractivity contribution in [2.24, 2.45) is 5.92 Å². The standard InChI is InChI=1S/C20H25N3O2/c1-14(2)7-12-19(24)22-13-15-8-10-16(11-9-15)20(25)23-18-6-4-3-5-17(18)21/h3-6,8-11,14H,7,12-13,21H2,1-2H3,(H,22,24)(H,23,25). The molecule has 0 spiro atoms. The highest BCUT2D eigenvalue weighted by Gasteiger charge is 2.08. The molecule has 0 bridgehead atoms. The normalized spacial score (nSPS) is 10.5. The van der Waals surface area contributed by atoms with Gasteiger partial charge in [-0.05, 0) is 42.2 Å². The Hall–Kier alpha value is -2.82. The van der Waals surface area contributed by atoms with Crippen LogP contribution in [0.3, 0.4) is 0 Å². The summed E-state index contributed by atoms with van der Waals surface area (Å²) in [6, 6.07) is 14.3. The number of nitrogen functional groups attached to an aromatic ring is 1. The largest absolute Gasteiger partial charge is 0.397 e. The van der Waals surface area contributed by atoms with Gasteiger partial charge in [-0.25, -0.2) is 0 Å². The Morgan fingerprint density at radius 1 is 1.04 bits per heavy atom. The number of nitrogens with one attached hydrogen (secondary N) is 2. The zero-order valence-corrected chi connectivity index (χ0v) is 14.7. The fourth-order valence-electron chi connectivity index (χ4n) is 2.29. The highest BCUT2D eigenvalue weighted by Crippen LogP contribution is 2.18. The van der Waals surface area contributed by atoms with Gasteiger partial charge in [-0.3, -0.25) is 9.59 Å². The van der Waals surface area contributed by atoms with E-state index in [0.717, 1.165) is 12.0 Å². The summed E-state index contributed by atoms with van der Waals surface area (Å²) in [5.41, 5.74) is 8.44. The van der Waals surface area contributed by atoms with Crippen molar-refractivity contribution in [3.05, 3.63) is 59.7 Å². The minimum absolute atomic E-state index is 0.0510. The molecule has 0 fully saturated rings. The fraction of sp³-hybridized carbons (Fsp3) is 0.300. The number of carbonyl (C=O) groups is 2. The Balaban J connectivity index is 1.88. The van der Waals surface area contributed by atoms with E-state index in [-0.39, 0.29) is 11.8 Å². The molecule has 132 valence electrons. The van der Waals surface area contributed by atoms with E-state index in [1.807, 2.05) is 24.3 Å². The zero-order valence-electron chi connectivity index (χ0n) is 14.7. The lowest BCUT2D eigenvalue weighted by molar-refractivity contribution is -0.121. The van der Waals surface area contributed by atoms with Crippen molar-refractivity contribution in [3.8, 4) is 0 Å². The van der Waals surface area contributed by atoms with E-state index < -0.39 is 0 Å². The quantitative estimate of drug-likeness (QED) is 0.674. The monoisotopic (exact) mass is 339 g/mol. The van der Waals surface area contributed by atoms with Crippen LogP contribution < -0.4 is 16.4 Å². The third kappa shape index (κ3) is 5.95. The van der Waals surface area contributed by atoms with Crippen molar-refractivity contribution < 1.29 is 9.59 Å². The van der Waals surface area contributed by atoms with Crippen molar-refractivity contribution in [1.82, 2.24) is 5.32 Å². The van der Waals surface area contributed by atoms with Crippen LogP contribution in [0.4, 0.5) is 11.4 Å². The third-order valence-electron chi connectivity index (χ3n) is 3.86.